The Kier molecular flexibility index (Phi) is 4.00. The van der Waals surface area contributed by atoms with Crippen molar-refractivity contribution in [3.05, 3.63) is 58.7 Å². The zero-order chi connectivity index (χ0) is 15.5. The van der Waals surface area contributed by atoms with Gasteiger partial charge in [0.05, 0.1) is 0 Å². The summed E-state index contributed by atoms with van der Waals surface area (Å²) in [5, 5.41) is 2.95. The van der Waals surface area contributed by atoms with E-state index in [-0.39, 0.29) is 5.91 Å². The monoisotopic (exact) mass is 297 g/mol. The molecular formula is C18H19NO3. The van der Waals surface area contributed by atoms with Gasteiger partial charge in [-0.3, -0.25) is 4.79 Å². The maximum Gasteiger partial charge on any atom is 0.251 e. The molecule has 22 heavy (non-hydrogen) atoms. The maximum atomic E-state index is 12.2. The molecule has 0 aliphatic carbocycles. The lowest BCUT2D eigenvalue weighted by Gasteiger charge is -2.20. The topological polar surface area (TPSA) is 47.6 Å². The lowest BCUT2D eigenvalue weighted by Crippen LogP contribution is -2.23. The summed E-state index contributed by atoms with van der Waals surface area (Å²) in [4.78, 5) is 12.2. The molecule has 0 saturated carbocycles. The summed E-state index contributed by atoms with van der Waals surface area (Å²) in [6, 6.07) is 11.5. The minimum absolute atomic E-state index is 0.0713. The van der Waals surface area contributed by atoms with Crippen molar-refractivity contribution in [3.8, 4) is 11.5 Å². The second-order valence-electron chi connectivity index (χ2n) is 5.47. The van der Waals surface area contributed by atoms with Gasteiger partial charge in [-0.2, -0.15) is 0 Å². The van der Waals surface area contributed by atoms with Crippen molar-refractivity contribution in [1.82, 2.24) is 5.32 Å². The number of hydrogen-bond acceptors (Lipinski definition) is 3. The van der Waals surface area contributed by atoms with E-state index in [1.54, 1.807) is 0 Å². The van der Waals surface area contributed by atoms with Crippen LogP contribution < -0.4 is 14.8 Å². The number of aryl methyl sites for hydroxylation is 2. The van der Waals surface area contributed by atoms with Crippen LogP contribution in [0.25, 0.3) is 0 Å². The standard InChI is InChI=1S/C18H19NO3/c1-12-4-3-5-14(8-12)18(20)19-11-15-10-17-16(9-13(15)2)21-6-7-22-17/h3-5,8-10H,6-7,11H2,1-2H3,(H,19,20). The molecule has 1 aliphatic rings. The highest BCUT2D eigenvalue weighted by Gasteiger charge is 2.14. The molecule has 1 amide bonds. The molecule has 4 nitrogen and oxygen atoms in total. The lowest BCUT2D eigenvalue weighted by molar-refractivity contribution is 0.0950. The van der Waals surface area contributed by atoms with Gasteiger partial charge in [0, 0.05) is 12.1 Å². The number of amides is 1. The molecule has 4 heteroatoms. The average molecular weight is 297 g/mol. The number of rotatable bonds is 3. The third kappa shape index (κ3) is 3.06. The molecule has 0 saturated heterocycles. The summed E-state index contributed by atoms with van der Waals surface area (Å²) >= 11 is 0. The second-order valence-corrected chi connectivity index (χ2v) is 5.47. The average Bonchev–Trinajstić information content (AvgIpc) is 2.52. The fourth-order valence-electron chi connectivity index (χ4n) is 2.49. The van der Waals surface area contributed by atoms with Crippen molar-refractivity contribution in [1.29, 1.82) is 0 Å². The number of nitrogens with one attached hydrogen (secondary N) is 1. The second kappa shape index (κ2) is 6.10. The van der Waals surface area contributed by atoms with Crippen molar-refractivity contribution >= 4 is 5.91 Å². The molecule has 1 aliphatic heterocycles. The smallest absolute Gasteiger partial charge is 0.251 e. The molecule has 0 radical (unpaired) electrons. The van der Waals surface area contributed by atoms with Crippen LogP contribution in [-0.2, 0) is 6.54 Å². The molecular weight excluding hydrogens is 278 g/mol. The van der Waals surface area contributed by atoms with Gasteiger partial charge in [-0.15, -0.1) is 0 Å². The van der Waals surface area contributed by atoms with Gasteiger partial charge in [-0.25, -0.2) is 0 Å². The van der Waals surface area contributed by atoms with Gasteiger partial charge in [0.1, 0.15) is 13.2 Å². The van der Waals surface area contributed by atoms with Crippen LogP contribution in [0, 0.1) is 13.8 Å². The normalized spacial score (nSPS) is 12.8. The van der Waals surface area contributed by atoms with Gasteiger partial charge in [-0.05, 0) is 49.2 Å². The summed E-state index contributed by atoms with van der Waals surface area (Å²) in [5.74, 6) is 1.45. The number of ether oxygens (including phenoxy) is 2. The maximum absolute atomic E-state index is 12.2. The Balaban J connectivity index is 1.72. The van der Waals surface area contributed by atoms with Crippen molar-refractivity contribution in [2.24, 2.45) is 0 Å². The molecule has 0 spiro atoms. The van der Waals surface area contributed by atoms with Crippen LogP contribution in [0.3, 0.4) is 0 Å². The first-order valence-electron chi connectivity index (χ1n) is 7.37. The predicted molar refractivity (Wildman–Crippen MR) is 84.5 cm³/mol. The number of carbonyl (C=O) groups is 1. The molecule has 3 rings (SSSR count). The summed E-state index contributed by atoms with van der Waals surface area (Å²) in [6.45, 7) is 5.59. The van der Waals surface area contributed by atoms with Gasteiger partial charge in [0.2, 0.25) is 0 Å². The third-order valence-corrected chi connectivity index (χ3v) is 3.72. The molecule has 1 heterocycles. The van der Waals surface area contributed by atoms with E-state index in [0.717, 1.165) is 28.2 Å². The zero-order valence-corrected chi connectivity index (χ0v) is 12.8. The SMILES string of the molecule is Cc1cccc(C(=O)NCc2cc3c(cc2C)OCCO3)c1. The molecule has 114 valence electrons. The Morgan fingerprint density at radius 1 is 1.09 bits per heavy atom. The molecule has 0 unspecified atom stereocenters. The van der Waals surface area contributed by atoms with Crippen molar-refractivity contribution < 1.29 is 14.3 Å². The minimum atomic E-state index is -0.0713. The van der Waals surface area contributed by atoms with E-state index in [0.29, 0.717) is 25.3 Å². The summed E-state index contributed by atoms with van der Waals surface area (Å²) in [6.07, 6.45) is 0. The zero-order valence-electron chi connectivity index (χ0n) is 12.8. The first kappa shape index (κ1) is 14.4. The van der Waals surface area contributed by atoms with E-state index < -0.39 is 0 Å². The summed E-state index contributed by atoms with van der Waals surface area (Å²) in [5.41, 5.74) is 3.86. The number of fused-ring (bicyclic) bond motifs is 1. The van der Waals surface area contributed by atoms with Gasteiger partial charge in [0.15, 0.2) is 11.5 Å². The van der Waals surface area contributed by atoms with Gasteiger partial charge in [0.25, 0.3) is 5.91 Å². The molecule has 0 fully saturated rings. The van der Waals surface area contributed by atoms with Crippen LogP contribution in [0.5, 0.6) is 11.5 Å². The summed E-state index contributed by atoms with van der Waals surface area (Å²) in [7, 11) is 0. The number of hydrogen-bond donors (Lipinski definition) is 1. The van der Waals surface area contributed by atoms with Crippen LogP contribution in [0.4, 0.5) is 0 Å². The quantitative estimate of drug-likeness (QED) is 0.947. The third-order valence-electron chi connectivity index (χ3n) is 3.72. The highest BCUT2D eigenvalue weighted by Crippen LogP contribution is 2.32. The van der Waals surface area contributed by atoms with E-state index >= 15 is 0 Å². The van der Waals surface area contributed by atoms with E-state index in [2.05, 4.69) is 5.32 Å². The van der Waals surface area contributed by atoms with E-state index in [9.17, 15) is 4.79 Å². The molecule has 2 aromatic carbocycles. The van der Waals surface area contributed by atoms with E-state index in [1.165, 1.54) is 0 Å². The number of benzene rings is 2. The first-order valence-corrected chi connectivity index (χ1v) is 7.37. The first-order chi connectivity index (χ1) is 10.6. The Labute approximate surface area is 130 Å². The van der Waals surface area contributed by atoms with Crippen LogP contribution in [0.15, 0.2) is 36.4 Å². The molecule has 0 aromatic heterocycles. The Hall–Kier alpha value is -2.49. The lowest BCUT2D eigenvalue weighted by atomic mass is 10.1. The molecule has 0 bridgehead atoms. The van der Waals surface area contributed by atoms with Gasteiger partial charge < -0.3 is 14.8 Å². The van der Waals surface area contributed by atoms with Crippen LogP contribution in [0.2, 0.25) is 0 Å². The van der Waals surface area contributed by atoms with Gasteiger partial charge in [-0.1, -0.05) is 17.7 Å². The highest BCUT2D eigenvalue weighted by molar-refractivity contribution is 5.94. The van der Waals surface area contributed by atoms with E-state index in [4.69, 9.17) is 9.47 Å². The summed E-state index contributed by atoms with van der Waals surface area (Å²) < 4.78 is 11.1. The van der Waals surface area contributed by atoms with Crippen molar-refractivity contribution in [2.75, 3.05) is 13.2 Å². The van der Waals surface area contributed by atoms with Crippen molar-refractivity contribution in [3.63, 3.8) is 0 Å². The minimum Gasteiger partial charge on any atom is -0.486 e. The molecule has 0 atom stereocenters. The Bertz CT molecular complexity index is 709. The predicted octanol–water partition coefficient (Wildman–Crippen LogP) is 3.00. The van der Waals surface area contributed by atoms with Crippen LogP contribution in [-0.4, -0.2) is 19.1 Å². The number of carbonyl (C=O) groups excluding carboxylic acids is 1. The fourth-order valence-corrected chi connectivity index (χ4v) is 2.49. The van der Waals surface area contributed by atoms with E-state index in [1.807, 2.05) is 50.2 Å². The Morgan fingerprint density at radius 2 is 1.82 bits per heavy atom. The van der Waals surface area contributed by atoms with Crippen LogP contribution >= 0.6 is 0 Å². The molecule has 2 aromatic rings. The van der Waals surface area contributed by atoms with Crippen molar-refractivity contribution in [2.45, 2.75) is 20.4 Å². The Morgan fingerprint density at radius 3 is 2.55 bits per heavy atom. The largest absolute Gasteiger partial charge is 0.486 e. The van der Waals surface area contributed by atoms with Gasteiger partial charge >= 0.3 is 0 Å². The molecule has 1 N–H and O–H groups in total. The highest BCUT2D eigenvalue weighted by atomic mass is 16.6. The van der Waals surface area contributed by atoms with Crippen LogP contribution in [0.1, 0.15) is 27.0 Å². The fraction of sp³-hybridized carbons (Fsp3) is 0.278.